The van der Waals surface area contributed by atoms with Crippen LogP contribution in [0.3, 0.4) is 0 Å². The molecule has 3 nitrogen and oxygen atoms in total. The summed E-state index contributed by atoms with van der Waals surface area (Å²) in [6.07, 6.45) is -3.55. The Labute approximate surface area is 117 Å². The summed E-state index contributed by atoms with van der Waals surface area (Å²) in [6.45, 7) is 2.70. The molecule has 0 atom stereocenters. The molecule has 19 heavy (non-hydrogen) atoms. The minimum absolute atomic E-state index is 0.0660. The van der Waals surface area contributed by atoms with Crippen molar-refractivity contribution in [2.24, 2.45) is 0 Å². The van der Waals surface area contributed by atoms with Crippen molar-refractivity contribution in [3.05, 3.63) is 28.2 Å². The first-order valence-corrected chi connectivity index (χ1v) is 6.51. The van der Waals surface area contributed by atoms with E-state index in [4.69, 9.17) is 0 Å². The molecular weight excluding hydrogens is 325 g/mol. The topological polar surface area (TPSA) is 41.1 Å². The second-order valence-corrected chi connectivity index (χ2v) is 4.77. The number of benzene rings is 1. The number of amides is 1. The van der Waals surface area contributed by atoms with Gasteiger partial charge in [0.1, 0.15) is 0 Å². The average molecular weight is 339 g/mol. The highest BCUT2D eigenvalue weighted by atomic mass is 79.9. The van der Waals surface area contributed by atoms with E-state index in [1.54, 1.807) is 0 Å². The third-order valence-corrected chi connectivity index (χ3v) is 2.97. The van der Waals surface area contributed by atoms with Crippen LogP contribution >= 0.6 is 15.9 Å². The molecule has 0 aliphatic carbocycles. The molecular formula is C12H14BrF3N2O. The zero-order valence-corrected chi connectivity index (χ0v) is 11.9. The maximum Gasteiger partial charge on any atom is 0.416 e. The summed E-state index contributed by atoms with van der Waals surface area (Å²) >= 11 is 3.11. The number of hydrogen-bond acceptors (Lipinski definition) is 2. The fourth-order valence-electron chi connectivity index (χ4n) is 1.37. The van der Waals surface area contributed by atoms with Crippen LogP contribution in [-0.4, -0.2) is 19.0 Å². The van der Waals surface area contributed by atoms with Gasteiger partial charge >= 0.3 is 6.18 Å². The highest BCUT2D eigenvalue weighted by molar-refractivity contribution is 9.10. The molecule has 0 radical (unpaired) electrons. The number of nitrogens with one attached hydrogen (secondary N) is 2. The summed E-state index contributed by atoms with van der Waals surface area (Å²) in [6, 6.07) is 3.12. The van der Waals surface area contributed by atoms with Gasteiger partial charge in [-0.2, -0.15) is 13.2 Å². The van der Waals surface area contributed by atoms with E-state index in [0.717, 1.165) is 18.6 Å². The van der Waals surface area contributed by atoms with E-state index in [-0.39, 0.29) is 18.1 Å². The summed E-state index contributed by atoms with van der Waals surface area (Å²) in [7, 11) is 0. The van der Waals surface area contributed by atoms with Crippen LogP contribution < -0.4 is 10.6 Å². The zero-order valence-electron chi connectivity index (χ0n) is 10.3. The maximum absolute atomic E-state index is 12.5. The minimum atomic E-state index is -4.43. The van der Waals surface area contributed by atoms with Crippen LogP contribution in [0.4, 0.5) is 18.9 Å². The van der Waals surface area contributed by atoms with E-state index in [1.807, 2.05) is 6.92 Å². The summed E-state index contributed by atoms with van der Waals surface area (Å²) in [5.74, 6) is -0.381. The molecule has 0 fully saturated rings. The normalized spacial score (nSPS) is 11.4. The number of carbonyl (C=O) groups excluding carboxylic acids is 1. The van der Waals surface area contributed by atoms with Crippen molar-refractivity contribution in [2.75, 3.05) is 18.4 Å². The number of alkyl halides is 3. The molecule has 2 N–H and O–H groups in total. The van der Waals surface area contributed by atoms with Gasteiger partial charge in [0, 0.05) is 4.47 Å². The van der Waals surface area contributed by atoms with Gasteiger partial charge in [0.2, 0.25) is 5.91 Å². The lowest BCUT2D eigenvalue weighted by Gasteiger charge is -2.12. The van der Waals surface area contributed by atoms with Crippen molar-refractivity contribution in [3.63, 3.8) is 0 Å². The quantitative estimate of drug-likeness (QED) is 0.808. The molecule has 1 aromatic rings. The fourth-order valence-corrected chi connectivity index (χ4v) is 1.72. The van der Waals surface area contributed by atoms with E-state index >= 15 is 0 Å². The molecule has 0 saturated heterocycles. The Bertz CT molecular complexity index is 449. The van der Waals surface area contributed by atoms with E-state index in [9.17, 15) is 18.0 Å². The smallest absolute Gasteiger partial charge is 0.324 e. The molecule has 0 saturated carbocycles. The van der Waals surface area contributed by atoms with Crippen LogP contribution in [0.5, 0.6) is 0 Å². The van der Waals surface area contributed by atoms with Gasteiger partial charge in [0.05, 0.1) is 17.8 Å². The molecule has 1 amide bonds. The van der Waals surface area contributed by atoms with E-state index in [0.29, 0.717) is 11.0 Å². The Balaban J connectivity index is 2.74. The van der Waals surface area contributed by atoms with Gasteiger partial charge in [-0.3, -0.25) is 4.79 Å². The van der Waals surface area contributed by atoms with Crippen molar-refractivity contribution < 1.29 is 18.0 Å². The number of halogens is 4. The van der Waals surface area contributed by atoms with Gasteiger partial charge in [0.15, 0.2) is 0 Å². The van der Waals surface area contributed by atoms with Crippen LogP contribution in [0.25, 0.3) is 0 Å². The third kappa shape index (κ3) is 5.20. The van der Waals surface area contributed by atoms with E-state index in [1.165, 1.54) is 6.07 Å². The van der Waals surface area contributed by atoms with Crippen molar-refractivity contribution in [3.8, 4) is 0 Å². The molecule has 1 rings (SSSR count). The molecule has 7 heteroatoms. The maximum atomic E-state index is 12.5. The summed E-state index contributed by atoms with van der Waals surface area (Å²) < 4.78 is 38.0. The van der Waals surface area contributed by atoms with E-state index in [2.05, 4.69) is 26.6 Å². The lowest BCUT2D eigenvalue weighted by Crippen LogP contribution is -2.28. The largest absolute Gasteiger partial charge is 0.416 e. The molecule has 0 bridgehead atoms. The monoisotopic (exact) mass is 338 g/mol. The number of carbonyl (C=O) groups is 1. The number of hydrogen-bond donors (Lipinski definition) is 2. The van der Waals surface area contributed by atoms with Crippen molar-refractivity contribution >= 4 is 27.5 Å². The third-order valence-electron chi connectivity index (χ3n) is 2.28. The second kappa shape index (κ2) is 6.91. The van der Waals surface area contributed by atoms with E-state index < -0.39 is 11.7 Å². The van der Waals surface area contributed by atoms with Gasteiger partial charge in [-0.25, -0.2) is 0 Å². The summed E-state index contributed by atoms with van der Waals surface area (Å²) in [4.78, 5) is 11.5. The first kappa shape index (κ1) is 16.0. The predicted octanol–water partition coefficient (Wildman–Crippen LogP) is 3.41. The second-order valence-electron chi connectivity index (χ2n) is 3.92. The van der Waals surface area contributed by atoms with Crippen LogP contribution in [-0.2, 0) is 11.0 Å². The predicted molar refractivity (Wildman–Crippen MR) is 70.9 cm³/mol. The summed E-state index contributed by atoms with van der Waals surface area (Å²) in [5.41, 5.74) is -0.689. The number of rotatable bonds is 5. The zero-order chi connectivity index (χ0) is 14.5. The molecule has 1 aromatic carbocycles. The average Bonchev–Trinajstić information content (AvgIpc) is 2.31. The van der Waals surface area contributed by atoms with Gasteiger partial charge in [0.25, 0.3) is 0 Å². The molecule has 0 heterocycles. The Morgan fingerprint density at radius 1 is 1.37 bits per heavy atom. The highest BCUT2D eigenvalue weighted by Gasteiger charge is 2.31. The number of anilines is 1. The molecule has 106 valence electrons. The first-order valence-electron chi connectivity index (χ1n) is 5.72. The Hall–Kier alpha value is -1.08. The first-order chi connectivity index (χ1) is 8.84. The lowest BCUT2D eigenvalue weighted by atomic mass is 10.2. The Morgan fingerprint density at radius 3 is 2.63 bits per heavy atom. The molecule has 0 aromatic heterocycles. The molecule has 0 unspecified atom stereocenters. The standard InChI is InChI=1S/C12H14BrF3N2O/c1-2-5-17-7-11(19)18-10-6-8(12(14,15)16)3-4-9(10)13/h3-4,6,17H,2,5,7H2,1H3,(H,18,19). The fraction of sp³-hybridized carbons (Fsp3) is 0.417. The Kier molecular flexibility index (Phi) is 5.81. The van der Waals surface area contributed by atoms with Crippen molar-refractivity contribution in [1.82, 2.24) is 5.32 Å². The summed E-state index contributed by atoms with van der Waals surface area (Å²) in [5, 5.41) is 5.30. The SMILES string of the molecule is CCCNCC(=O)Nc1cc(C(F)(F)F)ccc1Br. The molecule has 0 aliphatic heterocycles. The van der Waals surface area contributed by atoms with Crippen LogP contribution in [0.15, 0.2) is 22.7 Å². The minimum Gasteiger partial charge on any atom is -0.324 e. The lowest BCUT2D eigenvalue weighted by molar-refractivity contribution is -0.137. The van der Waals surface area contributed by atoms with Crippen LogP contribution in [0.2, 0.25) is 0 Å². The van der Waals surface area contributed by atoms with Crippen molar-refractivity contribution in [1.29, 1.82) is 0 Å². The van der Waals surface area contributed by atoms with Crippen LogP contribution in [0.1, 0.15) is 18.9 Å². The van der Waals surface area contributed by atoms with Gasteiger partial charge in [-0.1, -0.05) is 6.92 Å². The van der Waals surface area contributed by atoms with Gasteiger partial charge < -0.3 is 10.6 Å². The molecule has 0 spiro atoms. The molecule has 0 aliphatic rings. The van der Waals surface area contributed by atoms with Gasteiger partial charge in [-0.05, 0) is 47.1 Å². The van der Waals surface area contributed by atoms with Crippen LogP contribution in [0, 0.1) is 0 Å². The van der Waals surface area contributed by atoms with Gasteiger partial charge in [-0.15, -0.1) is 0 Å². The Morgan fingerprint density at radius 2 is 2.05 bits per heavy atom. The highest BCUT2D eigenvalue weighted by Crippen LogP contribution is 2.33. The van der Waals surface area contributed by atoms with Crippen molar-refractivity contribution in [2.45, 2.75) is 19.5 Å².